The van der Waals surface area contributed by atoms with Gasteiger partial charge in [0.15, 0.2) is 0 Å². The molecule has 0 saturated heterocycles. The summed E-state index contributed by atoms with van der Waals surface area (Å²) in [5.41, 5.74) is 1.30. The molecule has 2 radical (unpaired) electrons. The van der Waals surface area contributed by atoms with Gasteiger partial charge in [-0.1, -0.05) is 0 Å². The zero-order valence-corrected chi connectivity index (χ0v) is 8.95. The van der Waals surface area contributed by atoms with Crippen LogP contribution in [0.3, 0.4) is 0 Å². The molecule has 0 spiro atoms. The molecule has 1 aliphatic heterocycles. The first-order valence-electron chi connectivity index (χ1n) is 4.77. The number of methoxy groups -OCH3 is 1. The van der Waals surface area contributed by atoms with Crippen LogP contribution in [0.25, 0.3) is 0 Å². The minimum Gasteiger partial charge on any atom is -0.494 e. The smallest absolute Gasteiger partial charge is 0.146 e. The Bertz CT molecular complexity index is 290. The standard InChI is InChI=1S/C10H15BN2O/c1-4-13(5-2)7-8-9(14-3)6-10(11)12-8/h6-7H,4-5H2,1-3H3/b8-7+. The van der Waals surface area contributed by atoms with E-state index in [1.165, 1.54) is 0 Å². The van der Waals surface area contributed by atoms with Gasteiger partial charge in [0.2, 0.25) is 0 Å². The van der Waals surface area contributed by atoms with Crippen molar-refractivity contribution in [3.8, 4) is 0 Å². The van der Waals surface area contributed by atoms with Crippen LogP contribution < -0.4 is 0 Å². The molecule has 0 amide bonds. The normalized spacial score (nSPS) is 18.1. The van der Waals surface area contributed by atoms with Crippen LogP contribution in [0.4, 0.5) is 0 Å². The van der Waals surface area contributed by atoms with Crippen molar-refractivity contribution in [3.63, 3.8) is 0 Å². The molecular weight excluding hydrogens is 175 g/mol. The van der Waals surface area contributed by atoms with E-state index in [4.69, 9.17) is 12.6 Å². The van der Waals surface area contributed by atoms with Gasteiger partial charge in [-0.25, -0.2) is 0 Å². The van der Waals surface area contributed by atoms with Gasteiger partial charge in [-0.2, -0.15) is 0 Å². The Hall–Kier alpha value is -1.19. The summed E-state index contributed by atoms with van der Waals surface area (Å²) < 4.78 is 5.16. The van der Waals surface area contributed by atoms with Gasteiger partial charge in [0.05, 0.1) is 7.11 Å². The van der Waals surface area contributed by atoms with Gasteiger partial charge in [0.1, 0.15) is 19.3 Å². The maximum atomic E-state index is 5.58. The van der Waals surface area contributed by atoms with Crippen LogP contribution >= 0.6 is 0 Å². The summed E-state index contributed by atoms with van der Waals surface area (Å²) in [4.78, 5) is 6.32. The minimum absolute atomic E-state index is 0.500. The van der Waals surface area contributed by atoms with E-state index < -0.39 is 0 Å². The molecule has 0 aliphatic carbocycles. The van der Waals surface area contributed by atoms with Gasteiger partial charge in [-0.3, -0.25) is 4.99 Å². The average Bonchev–Trinajstić information content (AvgIpc) is 2.55. The van der Waals surface area contributed by atoms with E-state index in [-0.39, 0.29) is 0 Å². The van der Waals surface area contributed by atoms with Crippen LogP contribution in [0.2, 0.25) is 0 Å². The summed E-state index contributed by atoms with van der Waals surface area (Å²) in [5, 5.41) is 0. The minimum atomic E-state index is 0.500. The lowest BCUT2D eigenvalue weighted by Gasteiger charge is -2.16. The fourth-order valence-corrected chi connectivity index (χ4v) is 1.27. The highest BCUT2D eigenvalue weighted by atomic mass is 16.5. The zero-order valence-electron chi connectivity index (χ0n) is 8.95. The lowest BCUT2D eigenvalue weighted by Crippen LogP contribution is -2.16. The number of hydrogen-bond donors (Lipinski definition) is 0. The molecule has 0 saturated carbocycles. The average molecular weight is 190 g/mol. The van der Waals surface area contributed by atoms with E-state index in [0.717, 1.165) is 24.5 Å². The Kier molecular flexibility index (Phi) is 3.80. The third-order valence-electron chi connectivity index (χ3n) is 2.12. The van der Waals surface area contributed by atoms with Gasteiger partial charge < -0.3 is 9.64 Å². The number of aliphatic imine (C=N–C) groups is 1. The molecule has 0 bridgehead atoms. The molecule has 74 valence electrons. The maximum absolute atomic E-state index is 5.58. The van der Waals surface area contributed by atoms with Crippen molar-refractivity contribution in [2.24, 2.45) is 4.99 Å². The molecule has 0 aromatic heterocycles. The first-order valence-corrected chi connectivity index (χ1v) is 4.77. The van der Waals surface area contributed by atoms with Crippen LogP contribution in [0.5, 0.6) is 0 Å². The topological polar surface area (TPSA) is 24.8 Å². The molecule has 3 nitrogen and oxygen atoms in total. The molecule has 14 heavy (non-hydrogen) atoms. The van der Waals surface area contributed by atoms with Crippen LogP contribution in [0.1, 0.15) is 13.8 Å². The van der Waals surface area contributed by atoms with E-state index in [1.54, 1.807) is 13.2 Å². The van der Waals surface area contributed by atoms with E-state index in [9.17, 15) is 0 Å². The van der Waals surface area contributed by atoms with Gasteiger partial charge in [0.25, 0.3) is 0 Å². The zero-order chi connectivity index (χ0) is 10.6. The molecule has 0 N–H and O–H groups in total. The van der Waals surface area contributed by atoms with Crippen molar-refractivity contribution < 1.29 is 4.74 Å². The second-order valence-electron chi connectivity index (χ2n) is 2.98. The number of allylic oxidation sites excluding steroid dienone is 1. The molecule has 4 heteroatoms. The molecule has 1 aliphatic rings. The molecule has 1 rings (SSSR count). The maximum Gasteiger partial charge on any atom is 0.146 e. The van der Waals surface area contributed by atoms with Crippen molar-refractivity contribution in [3.05, 3.63) is 23.7 Å². The Morgan fingerprint density at radius 1 is 1.50 bits per heavy atom. The van der Waals surface area contributed by atoms with Gasteiger partial charge in [-0.15, -0.1) is 0 Å². The Morgan fingerprint density at radius 2 is 2.14 bits per heavy atom. The monoisotopic (exact) mass is 190 g/mol. The number of hydrogen-bond acceptors (Lipinski definition) is 3. The third-order valence-corrected chi connectivity index (χ3v) is 2.12. The van der Waals surface area contributed by atoms with Crippen LogP contribution in [0.15, 0.2) is 28.7 Å². The summed E-state index contributed by atoms with van der Waals surface area (Å²) in [7, 11) is 7.21. The predicted molar refractivity (Wildman–Crippen MR) is 59.3 cm³/mol. The molecule has 0 fully saturated rings. The summed E-state index contributed by atoms with van der Waals surface area (Å²) in [6.07, 6.45) is 3.70. The fourth-order valence-electron chi connectivity index (χ4n) is 1.27. The second-order valence-corrected chi connectivity index (χ2v) is 2.98. The Balaban J connectivity index is 2.82. The molecule has 1 heterocycles. The van der Waals surface area contributed by atoms with Gasteiger partial charge in [-0.05, 0) is 25.5 Å². The Morgan fingerprint density at radius 3 is 2.64 bits per heavy atom. The summed E-state index contributed by atoms with van der Waals surface area (Å²) in [6.45, 7) is 6.09. The van der Waals surface area contributed by atoms with E-state index in [0.29, 0.717) is 5.61 Å². The summed E-state index contributed by atoms with van der Waals surface area (Å²) in [6, 6.07) is 0. The number of ether oxygens (including phenoxy) is 1. The molecule has 0 unspecified atom stereocenters. The van der Waals surface area contributed by atoms with E-state index in [1.807, 2.05) is 6.20 Å². The van der Waals surface area contributed by atoms with Crippen molar-refractivity contribution in [1.29, 1.82) is 0 Å². The molecular formula is C10H15BN2O. The molecule has 0 aromatic rings. The van der Waals surface area contributed by atoms with Crippen LogP contribution in [-0.2, 0) is 4.74 Å². The first-order chi connectivity index (χ1) is 6.71. The van der Waals surface area contributed by atoms with Gasteiger partial charge >= 0.3 is 0 Å². The van der Waals surface area contributed by atoms with Crippen molar-refractivity contribution in [2.75, 3.05) is 20.2 Å². The summed E-state index contributed by atoms with van der Waals surface area (Å²) >= 11 is 0. The van der Waals surface area contributed by atoms with Crippen LogP contribution in [0, 0.1) is 0 Å². The first kappa shape index (κ1) is 10.9. The van der Waals surface area contributed by atoms with Crippen molar-refractivity contribution in [1.82, 2.24) is 4.90 Å². The highest BCUT2D eigenvalue weighted by molar-refractivity contribution is 6.63. The summed E-state index contributed by atoms with van der Waals surface area (Å²) in [5.74, 6) is 0.731. The van der Waals surface area contributed by atoms with Crippen molar-refractivity contribution >= 4 is 13.5 Å². The van der Waals surface area contributed by atoms with Crippen LogP contribution in [-0.4, -0.2) is 38.6 Å². The quantitative estimate of drug-likeness (QED) is 0.623. The molecule has 0 aromatic carbocycles. The number of rotatable bonds is 4. The van der Waals surface area contributed by atoms with Crippen molar-refractivity contribution in [2.45, 2.75) is 13.8 Å². The third kappa shape index (κ3) is 2.40. The van der Waals surface area contributed by atoms with E-state index >= 15 is 0 Å². The SMILES string of the molecule is [B]C1=N/C(=C/N(CC)CC)C(OC)=C1. The molecule has 0 atom stereocenters. The predicted octanol–water partition coefficient (Wildman–Crippen LogP) is 1.28. The second kappa shape index (κ2) is 4.89. The lowest BCUT2D eigenvalue weighted by atomic mass is 10.0. The van der Waals surface area contributed by atoms with Gasteiger partial charge in [0, 0.05) is 19.3 Å². The highest BCUT2D eigenvalue weighted by Gasteiger charge is 2.12. The largest absolute Gasteiger partial charge is 0.494 e. The lowest BCUT2D eigenvalue weighted by molar-refractivity contribution is 0.299. The Labute approximate surface area is 86.6 Å². The van der Waals surface area contributed by atoms with E-state index in [2.05, 4.69) is 23.7 Å². The highest BCUT2D eigenvalue weighted by Crippen LogP contribution is 2.19. The fraction of sp³-hybridized carbons (Fsp3) is 0.500. The number of nitrogens with zero attached hydrogens (tertiary/aromatic N) is 2.